The quantitative estimate of drug-likeness (QED) is 0.852. The Kier molecular flexibility index (Phi) is 3.55. The number of aromatic nitrogens is 4. The number of halogens is 3. The van der Waals surface area contributed by atoms with Crippen molar-refractivity contribution in [2.75, 3.05) is 0 Å². The highest BCUT2D eigenvalue weighted by atomic mass is 19.4. The average molecular weight is 312 g/mol. The summed E-state index contributed by atoms with van der Waals surface area (Å²) in [6.45, 7) is 0. The minimum Gasteiger partial charge on any atom is -0.446 e. The fourth-order valence-electron chi connectivity index (χ4n) is 2.32. The lowest BCUT2D eigenvalue weighted by Crippen LogP contribution is -2.34. The van der Waals surface area contributed by atoms with Crippen molar-refractivity contribution >= 4 is 6.09 Å². The molecule has 0 amide bonds. The predicted molar refractivity (Wildman–Crippen MR) is 66.9 cm³/mol. The van der Waals surface area contributed by atoms with Crippen molar-refractivity contribution in [3.05, 3.63) is 42.5 Å². The van der Waals surface area contributed by atoms with E-state index in [1.807, 2.05) is 0 Å². The summed E-state index contributed by atoms with van der Waals surface area (Å²) in [4.78, 5) is 22.5. The molecule has 1 aliphatic carbocycles. The van der Waals surface area contributed by atoms with Crippen LogP contribution in [0.5, 0.6) is 0 Å². The molecule has 1 fully saturated rings. The van der Waals surface area contributed by atoms with Gasteiger partial charge in [-0.25, -0.2) is 19.3 Å². The van der Waals surface area contributed by atoms with Crippen molar-refractivity contribution in [3.63, 3.8) is 0 Å². The largest absolute Gasteiger partial charge is 0.446 e. The number of imidazole rings is 1. The highest BCUT2D eigenvalue weighted by Crippen LogP contribution is 2.42. The highest BCUT2D eigenvalue weighted by Gasteiger charge is 2.42. The normalized spacial score (nSPS) is 21.2. The van der Waals surface area contributed by atoms with Crippen LogP contribution < -0.4 is 0 Å². The van der Waals surface area contributed by atoms with E-state index in [9.17, 15) is 18.0 Å². The summed E-state index contributed by atoms with van der Waals surface area (Å²) >= 11 is 0. The maximum atomic E-state index is 12.9. The summed E-state index contributed by atoms with van der Waals surface area (Å²) in [6.07, 6.45) is 1.43. The number of alkyl halides is 3. The Labute approximate surface area is 123 Å². The molecule has 0 saturated heterocycles. The van der Waals surface area contributed by atoms with Crippen molar-refractivity contribution in [2.45, 2.75) is 31.0 Å². The zero-order valence-corrected chi connectivity index (χ0v) is 11.2. The zero-order chi connectivity index (χ0) is 15.7. The molecule has 1 saturated carbocycles. The number of hydrogen-bond acceptors (Lipinski definition) is 5. The third kappa shape index (κ3) is 2.78. The molecule has 0 radical (unpaired) electrons. The topological polar surface area (TPSA) is 69.9 Å². The Morgan fingerprint density at radius 3 is 2.59 bits per heavy atom. The van der Waals surface area contributed by atoms with E-state index in [0.717, 1.165) is 10.8 Å². The molecule has 0 N–H and O–H groups in total. The van der Waals surface area contributed by atoms with Crippen LogP contribution in [0.1, 0.15) is 30.1 Å². The standard InChI is InChI=1S/C13H11F3N4O2/c14-13(15,16)11-10(18-1-2-19-11)8-5-9(6-8)22-12(21)20-4-3-17-7-20/h1-4,7-9H,5-6H2. The summed E-state index contributed by atoms with van der Waals surface area (Å²) in [5, 5.41) is 0. The fraction of sp³-hybridized carbons (Fsp3) is 0.385. The summed E-state index contributed by atoms with van der Waals surface area (Å²) in [6, 6.07) is 0. The van der Waals surface area contributed by atoms with Gasteiger partial charge in [-0.05, 0) is 12.8 Å². The molecule has 0 aromatic carbocycles. The smallest absolute Gasteiger partial charge is 0.435 e. The predicted octanol–water partition coefficient (Wildman–Crippen LogP) is 2.62. The Balaban J connectivity index is 1.63. The Hall–Kier alpha value is -2.45. The minimum absolute atomic E-state index is 0.0927. The Bertz CT molecular complexity index is 666. The van der Waals surface area contributed by atoms with Crippen LogP contribution in [0.25, 0.3) is 0 Å². The van der Waals surface area contributed by atoms with E-state index >= 15 is 0 Å². The molecule has 2 aromatic heterocycles. The molecule has 2 aromatic rings. The van der Waals surface area contributed by atoms with E-state index in [1.165, 1.54) is 24.9 Å². The minimum atomic E-state index is -4.54. The second-order valence-corrected chi connectivity index (χ2v) is 4.93. The van der Waals surface area contributed by atoms with Gasteiger partial charge >= 0.3 is 12.3 Å². The van der Waals surface area contributed by atoms with E-state index in [4.69, 9.17) is 4.74 Å². The Morgan fingerprint density at radius 1 is 1.23 bits per heavy atom. The number of nitrogens with zero attached hydrogens (tertiary/aromatic N) is 4. The zero-order valence-electron chi connectivity index (χ0n) is 11.2. The van der Waals surface area contributed by atoms with Crippen molar-refractivity contribution in [1.82, 2.24) is 19.5 Å². The molecule has 0 aliphatic heterocycles. The van der Waals surface area contributed by atoms with Crippen LogP contribution in [-0.2, 0) is 10.9 Å². The van der Waals surface area contributed by atoms with Crippen LogP contribution in [0.4, 0.5) is 18.0 Å². The first-order valence-corrected chi connectivity index (χ1v) is 6.52. The first-order valence-electron chi connectivity index (χ1n) is 6.52. The first-order chi connectivity index (χ1) is 10.4. The van der Waals surface area contributed by atoms with Gasteiger partial charge in [0.25, 0.3) is 0 Å². The van der Waals surface area contributed by atoms with Crippen molar-refractivity contribution in [1.29, 1.82) is 0 Å². The van der Waals surface area contributed by atoms with Crippen LogP contribution in [-0.4, -0.2) is 31.7 Å². The molecule has 0 spiro atoms. The number of rotatable bonds is 2. The maximum absolute atomic E-state index is 12.9. The Morgan fingerprint density at radius 2 is 1.95 bits per heavy atom. The second-order valence-electron chi connectivity index (χ2n) is 4.93. The van der Waals surface area contributed by atoms with E-state index in [0.29, 0.717) is 12.8 Å². The maximum Gasteiger partial charge on any atom is 0.435 e. The molecule has 116 valence electrons. The van der Waals surface area contributed by atoms with E-state index < -0.39 is 30.0 Å². The van der Waals surface area contributed by atoms with E-state index in [1.54, 1.807) is 0 Å². The van der Waals surface area contributed by atoms with Gasteiger partial charge in [-0.2, -0.15) is 13.2 Å². The number of hydrogen-bond donors (Lipinski definition) is 0. The fourth-order valence-corrected chi connectivity index (χ4v) is 2.32. The lowest BCUT2D eigenvalue weighted by atomic mass is 9.79. The number of ether oxygens (including phenoxy) is 1. The van der Waals surface area contributed by atoms with Gasteiger partial charge in [0.15, 0.2) is 5.69 Å². The van der Waals surface area contributed by atoms with Crippen molar-refractivity contribution in [2.24, 2.45) is 0 Å². The third-order valence-corrected chi connectivity index (χ3v) is 3.46. The molecule has 9 heteroatoms. The SMILES string of the molecule is O=C(OC1CC(c2nccnc2C(F)(F)F)C1)n1ccnc1. The van der Waals surface area contributed by atoms with Gasteiger partial charge in [-0.15, -0.1) is 0 Å². The molecular weight excluding hydrogens is 301 g/mol. The molecule has 3 rings (SSSR count). The van der Waals surface area contributed by atoms with Gasteiger partial charge in [-0.1, -0.05) is 0 Å². The third-order valence-electron chi connectivity index (χ3n) is 3.46. The van der Waals surface area contributed by atoms with Crippen LogP contribution in [0.2, 0.25) is 0 Å². The van der Waals surface area contributed by atoms with E-state index in [2.05, 4.69) is 15.0 Å². The molecule has 1 aliphatic rings. The monoisotopic (exact) mass is 312 g/mol. The summed E-state index contributed by atoms with van der Waals surface area (Å²) < 4.78 is 44.9. The van der Waals surface area contributed by atoms with Crippen LogP contribution in [0, 0.1) is 0 Å². The first kappa shape index (κ1) is 14.5. The molecule has 6 nitrogen and oxygen atoms in total. The van der Waals surface area contributed by atoms with Gasteiger partial charge in [0.2, 0.25) is 0 Å². The van der Waals surface area contributed by atoms with Gasteiger partial charge in [0, 0.05) is 30.7 Å². The van der Waals surface area contributed by atoms with Crippen LogP contribution >= 0.6 is 0 Å². The summed E-state index contributed by atoms with van der Waals surface area (Å²) in [5.74, 6) is -0.411. The molecule has 2 heterocycles. The molecular formula is C13H11F3N4O2. The number of carbonyl (C=O) groups is 1. The van der Waals surface area contributed by atoms with Gasteiger partial charge in [0.1, 0.15) is 12.4 Å². The molecule has 0 atom stereocenters. The van der Waals surface area contributed by atoms with Crippen molar-refractivity contribution < 1.29 is 22.7 Å². The lowest BCUT2D eigenvalue weighted by molar-refractivity contribution is -0.142. The molecule has 0 bridgehead atoms. The van der Waals surface area contributed by atoms with Gasteiger partial charge < -0.3 is 4.74 Å². The van der Waals surface area contributed by atoms with Gasteiger partial charge in [0.05, 0.1) is 5.69 Å². The van der Waals surface area contributed by atoms with E-state index in [-0.39, 0.29) is 5.69 Å². The lowest BCUT2D eigenvalue weighted by Gasteiger charge is -2.34. The van der Waals surface area contributed by atoms with Crippen LogP contribution in [0.3, 0.4) is 0 Å². The molecule has 0 unspecified atom stereocenters. The van der Waals surface area contributed by atoms with Crippen molar-refractivity contribution in [3.8, 4) is 0 Å². The summed E-state index contributed by atoms with van der Waals surface area (Å²) in [7, 11) is 0. The summed E-state index contributed by atoms with van der Waals surface area (Å²) in [5.41, 5.74) is -1.07. The second kappa shape index (κ2) is 5.39. The molecule has 22 heavy (non-hydrogen) atoms. The highest BCUT2D eigenvalue weighted by molar-refractivity contribution is 5.70. The average Bonchev–Trinajstić information content (AvgIpc) is 2.95. The van der Waals surface area contributed by atoms with Gasteiger partial charge in [-0.3, -0.25) is 4.98 Å². The van der Waals surface area contributed by atoms with Crippen LogP contribution in [0.15, 0.2) is 31.1 Å². The number of carbonyl (C=O) groups excluding carboxylic acids is 1.